The van der Waals surface area contributed by atoms with Crippen LogP contribution in [0.1, 0.15) is 25.7 Å². The number of aliphatic hydroxyl groups excluding tert-OH is 1. The highest BCUT2D eigenvalue weighted by atomic mass is 32.2. The van der Waals surface area contributed by atoms with E-state index >= 15 is 0 Å². The van der Waals surface area contributed by atoms with E-state index in [1.807, 2.05) is 6.08 Å². The molecule has 8 heteroatoms. The molecule has 0 atom stereocenters. The van der Waals surface area contributed by atoms with Crippen LogP contribution in [0, 0.1) is 0 Å². The van der Waals surface area contributed by atoms with Gasteiger partial charge in [0.1, 0.15) is 0 Å². The molecule has 0 saturated carbocycles. The summed E-state index contributed by atoms with van der Waals surface area (Å²) >= 11 is 0. The summed E-state index contributed by atoms with van der Waals surface area (Å²) in [5, 5.41) is 8.77. The molecule has 0 fully saturated rings. The van der Waals surface area contributed by atoms with Gasteiger partial charge in [-0.3, -0.25) is 4.55 Å². The van der Waals surface area contributed by atoms with E-state index in [1.165, 1.54) is 12.8 Å². The van der Waals surface area contributed by atoms with Gasteiger partial charge in [0, 0.05) is 6.42 Å². The molecule has 0 amide bonds. The fraction of sp³-hybridized carbons (Fsp3) is 0.714. The number of hydrogen-bond donors (Lipinski definition) is 2. The zero-order valence-electron chi connectivity index (χ0n) is 7.66. The largest absolute Gasteiger partial charge is 0.522 e. The van der Waals surface area contributed by atoms with Gasteiger partial charge in [0.2, 0.25) is 0 Å². The van der Waals surface area contributed by atoms with E-state index in [9.17, 15) is 13.2 Å². The Morgan fingerprint density at radius 3 is 1.87 bits per heavy atom. The SMILES string of the molecule is O=S(=O)(O)C(F)(F)F.OC1=CCCCC1. The van der Waals surface area contributed by atoms with Gasteiger partial charge in [-0.25, -0.2) is 0 Å². The van der Waals surface area contributed by atoms with Gasteiger partial charge in [0.15, 0.2) is 0 Å². The van der Waals surface area contributed by atoms with Crippen molar-refractivity contribution in [3.8, 4) is 0 Å². The number of halogens is 3. The van der Waals surface area contributed by atoms with Crippen LogP contribution in [-0.2, 0) is 10.1 Å². The summed E-state index contributed by atoms with van der Waals surface area (Å²) in [4.78, 5) is 0. The van der Waals surface area contributed by atoms with Gasteiger partial charge in [-0.05, 0) is 25.3 Å². The Bertz CT molecular complexity index is 318. The first-order valence-corrected chi connectivity index (χ1v) is 5.50. The topological polar surface area (TPSA) is 74.6 Å². The van der Waals surface area contributed by atoms with Crippen molar-refractivity contribution >= 4 is 10.1 Å². The molecule has 0 heterocycles. The van der Waals surface area contributed by atoms with Gasteiger partial charge in [0.05, 0.1) is 5.76 Å². The number of hydrogen-bond acceptors (Lipinski definition) is 3. The minimum atomic E-state index is -5.84. The number of alkyl halides is 3. The zero-order chi connectivity index (χ0) is 12.1. The summed E-state index contributed by atoms with van der Waals surface area (Å²) < 4.78 is 57.5. The summed E-state index contributed by atoms with van der Waals surface area (Å²) in [7, 11) is -5.84. The molecule has 1 rings (SSSR count). The Morgan fingerprint density at radius 2 is 1.73 bits per heavy atom. The van der Waals surface area contributed by atoms with E-state index < -0.39 is 15.6 Å². The molecule has 2 N–H and O–H groups in total. The van der Waals surface area contributed by atoms with Gasteiger partial charge < -0.3 is 5.11 Å². The third kappa shape index (κ3) is 6.34. The van der Waals surface area contributed by atoms with Gasteiger partial charge in [-0.15, -0.1) is 0 Å². The van der Waals surface area contributed by atoms with Crippen LogP contribution in [-0.4, -0.2) is 23.6 Å². The van der Waals surface area contributed by atoms with E-state index in [-0.39, 0.29) is 0 Å². The zero-order valence-corrected chi connectivity index (χ0v) is 8.48. The van der Waals surface area contributed by atoms with Gasteiger partial charge >= 0.3 is 15.6 Å². The van der Waals surface area contributed by atoms with E-state index in [0.717, 1.165) is 12.8 Å². The standard InChI is InChI=1S/C6H10O.CHF3O3S/c7-6-4-2-1-3-5-6;2-1(3,4)8(5,6)7/h4,7H,1-3,5H2;(H,5,6,7). The fourth-order valence-corrected chi connectivity index (χ4v) is 0.821. The first-order chi connectivity index (χ1) is 6.64. The monoisotopic (exact) mass is 248 g/mol. The molecule has 0 aliphatic heterocycles. The Kier molecular flexibility index (Phi) is 5.09. The van der Waals surface area contributed by atoms with Crippen LogP contribution in [0.15, 0.2) is 11.8 Å². The van der Waals surface area contributed by atoms with Crippen LogP contribution in [0.3, 0.4) is 0 Å². The highest BCUT2D eigenvalue weighted by molar-refractivity contribution is 7.86. The molecule has 90 valence electrons. The highest BCUT2D eigenvalue weighted by Gasteiger charge is 2.44. The Hall–Kier alpha value is -0.760. The second-order valence-corrected chi connectivity index (χ2v) is 4.28. The van der Waals surface area contributed by atoms with E-state index in [1.54, 1.807) is 0 Å². The smallest absolute Gasteiger partial charge is 0.513 e. The molecule has 0 aromatic carbocycles. The molecule has 1 aliphatic rings. The van der Waals surface area contributed by atoms with Crippen molar-refractivity contribution in [3.63, 3.8) is 0 Å². The lowest BCUT2D eigenvalue weighted by Gasteiger charge is -2.04. The molecule has 0 saturated heterocycles. The second-order valence-electron chi connectivity index (χ2n) is 2.86. The van der Waals surface area contributed by atoms with E-state index in [4.69, 9.17) is 18.1 Å². The molecule has 0 unspecified atom stereocenters. The van der Waals surface area contributed by atoms with Crippen molar-refractivity contribution in [2.24, 2.45) is 0 Å². The summed E-state index contributed by atoms with van der Waals surface area (Å²) in [5.41, 5.74) is -5.53. The maximum Gasteiger partial charge on any atom is 0.522 e. The molecule has 1 aliphatic carbocycles. The predicted molar refractivity (Wildman–Crippen MR) is 46.8 cm³/mol. The molecule has 0 aromatic rings. The first kappa shape index (κ1) is 14.2. The van der Waals surface area contributed by atoms with E-state index in [0.29, 0.717) is 5.76 Å². The van der Waals surface area contributed by atoms with Crippen LogP contribution in [0.5, 0.6) is 0 Å². The lowest BCUT2D eigenvalue weighted by atomic mass is 10.1. The van der Waals surface area contributed by atoms with Gasteiger partial charge in [0.25, 0.3) is 0 Å². The summed E-state index contributed by atoms with van der Waals surface area (Å²) in [6.07, 6.45) is 6.31. The fourth-order valence-electron chi connectivity index (χ4n) is 0.821. The minimum Gasteiger partial charge on any atom is -0.513 e. The summed E-state index contributed by atoms with van der Waals surface area (Å²) in [6.45, 7) is 0. The minimum absolute atomic E-state index is 0.589. The number of aliphatic hydroxyl groups is 1. The Morgan fingerprint density at radius 1 is 1.27 bits per heavy atom. The second kappa shape index (κ2) is 5.36. The Balaban J connectivity index is 0.000000262. The summed E-state index contributed by atoms with van der Waals surface area (Å²) in [6, 6.07) is 0. The maximum absolute atomic E-state index is 10.7. The normalized spacial score (nSPS) is 17.5. The van der Waals surface area contributed by atoms with Gasteiger partial charge in [-0.2, -0.15) is 21.6 Å². The van der Waals surface area contributed by atoms with Crippen molar-refractivity contribution in [2.45, 2.75) is 31.2 Å². The lowest BCUT2D eigenvalue weighted by Crippen LogP contribution is -2.21. The molecule has 4 nitrogen and oxygen atoms in total. The first-order valence-electron chi connectivity index (χ1n) is 4.06. The molecular formula is C7H11F3O4S. The molecule has 0 radical (unpaired) electrons. The molecule has 0 bridgehead atoms. The average Bonchev–Trinajstić information content (AvgIpc) is 2.02. The van der Waals surface area contributed by atoms with Crippen molar-refractivity contribution in [1.82, 2.24) is 0 Å². The summed E-state index contributed by atoms with van der Waals surface area (Å²) in [5.74, 6) is 0.589. The predicted octanol–water partition coefficient (Wildman–Crippen LogP) is 2.40. The van der Waals surface area contributed by atoms with Crippen LogP contribution in [0.4, 0.5) is 13.2 Å². The third-order valence-electron chi connectivity index (χ3n) is 1.56. The third-order valence-corrected chi connectivity index (χ3v) is 2.14. The van der Waals surface area contributed by atoms with Crippen molar-refractivity contribution in [3.05, 3.63) is 11.8 Å². The number of rotatable bonds is 0. The van der Waals surface area contributed by atoms with Crippen LogP contribution in [0.25, 0.3) is 0 Å². The average molecular weight is 248 g/mol. The van der Waals surface area contributed by atoms with Crippen molar-refractivity contribution in [2.75, 3.05) is 0 Å². The Labute approximate surface area is 85.2 Å². The molecular weight excluding hydrogens is 237 g/mol. The van der Waals surface area contributed by atoms with Crippen LogP contribution < -0.4 is 0 Å². The highest BCUT2D eigenvalue weighted by Crippen LogP contribution is 2.20. The quantitative estimate of drug-likeness (QED) is 0.510. The molecule has 0 aromatic heterocycles. The van der Waals surface area contributed by atoms with Crippen LogP contribution in [0.2, 0.25) is 0 Å². The van der Waals surface area contributed by atoms with E-state index in [2.05, 4.69) is 0 Å². The maximum atomic E-state index is 10.7. The van der Waals surface area contributed by atoms with Crippen LogP contribution >= 0.6 is 0 Å². The molecule has 15 heavy (non-hydrogen) atoms. The van der Waals surface area contributed by atoms with Crippen molar-refractivity contribution in [1.29, 1.82) is 0 Å². The lowest BCUT2D eigenvalue weighted by molar-refractivity contribution is -0.0510. The van der Waals surface area contributed by atoms with Crippen molar-refractivity contribution < 1.29 is 31.2 Å². The molecule has 0 spiro atoms. The number of allylic oxidation sites excluding steroid dienone is 2. The van der Waals surface area contributed by atoms with Gasteiger partial charge in [-0.1, -0.05) is 0 Å².